The first-order chi connectivity index (χ1) is 7.99. The largest absolute Gasteiger partial charge is 0.481 e. The highest BCUT2D eigenvalue weighted by Crippen LogP contribution is 2.29. The molecule has 0 saturated carbocycles. The second-order valence-electron chi connectivity index (χ2n) is 5.87. The van der Waals surface area contributed by atoms with Gasteiger partial charge in [0.15, 0.2) is 0 Å². The van der Waals surface area contributed by atoms with E-state index in [1.165, 1.54) is 13.0 Å². The van der Waals surface area contributed by atoms with Gasteiger partial charge >= 0.3 is 5.97 Å². The first-order valence-electron chi connectivity index (χ1n) is 6.70. The maximum absolute atomic E-state index is 10.9. The number of carboxylic acid groups (broad SMARTS) is 1. The van der Waals surface area contributed by atoms with E-state index in [-0.39, 0.29) is 5.92 Å². The highest BCUT2D eigenvalue weighted by molar-refractivity contribution is 5.70. The number of likely N-dealkylation sites (tertiary alicyclic amines) is 2. The lowest BCUT2D eigenvalue weighted by molar-refractivity contribution is -0.145. The molecule has 4 heteroatoms. The lowest BCUT2D eigenvalue weighted by Gasteiger charge is -2.45. The Morgan fingerprint density at radius 3 is 2.35 bits per heavy atom. The molecule has 0 aromatic carbocycles. The Hall–Kier alpha value is -0.610. The van der Waals surface area contributed by atoms with Crippen LogP contribution in [0, 0.1) is 11.8 Å². The number of hydrogen-bond acceptors (Lipinski definition) is 3. The summed E-state index contributed by atoms with van der Waals surface area (Å²) in [7, 11) is 0. The molecule has 98 valence electrons. The van der Waals surface area contributed by atoms with Crippen molar-refractivity contribution in [2.75, 3.05) is 26.2 Å². The zero-order chi connectivity index (χ0) is 12.6. The molecule has 1 N–H and O–H groups in total. The molecule has 2 saturated heterocycles. The fourth-order valence-electron chi connectivity index (χ4n) is 2.90. The second-order valence-corrected chi connectivity index (χ2v) is 5.87. The molecule has 0 aliphatic carbocycles. The van der Waals surface area contributed by atoms with E-state index in [0.717, 1.165) is 19.6 Å². The lowest BCUT2D eigenvalue weighted by atomic mass is 9.86. The molecular formula is C13H24N2O2. The fraction of sp³-hybridized carbons (Fsp3) is 0.923. The molecule has 2 aliphatic heterocycles. The molecule has 4 nitrogen and oxygen atoms in total. The average molecular weight is 240 g/mol. The van der Waals surface area contributed by atoms with Crippen molar-refractivity contribution in [3.05, 3.63) is 0 Å². The monoisotopic (exact) mass is 240 g/mol. The number of hydrogen-bond donors (Lipinski definition) is 1. The summed E-state index contributed by atoms with van der Waals surface area (Å²) in [5.74, 6) is -0.473. The molecule has 0 aromatic heterocycles. The molecule has 2 rings (SSSR count). The van der Waals surface area contributed by atoms with Gasteiger partial charge < -0.3 is 5.11 Å². The van der Waals surface area contributed by atoms with Crippen LogP contribution >= 0.6 is 0 Å². The Balaban J connectivity index is 1.76. The molecule has 2 atom stereocenters. The molecule has 0 spiro atoms. The van der Waals surface area contributed by atoms with Gasteiger partial charge in [0.05, 0.1) is 5.92 Å². The molecule has 2 aliphatic rings. The van der Waals surface area contributed by atoms with Crippen LogP contribution in [0.2, 0.25) is 0 Å². The van der Waals surface area contributed by atoms with Crippen LogP contribution in [-0.4, -0.2) is 59.1 Å². The summed E-state index contributed by atoms with van der Waals surface area (Å²) in [6.07, 6.45) is 1.24. The summed E-state index contributed by atoms with van der Waals surface area (Å²) < 4.78 is 0. The second kappa shape index (κ2) is 4.94. The number of nitrogens with zero attached hydrogens (tertiary/aromatic N) is 2. The summed E-state index contributed by atoms with van der Waals surface area (Å²) in [5.41, 5.74) is 0. The molecule has 0 radical (unpaired) electrons. The topological polar surface area (TPSA) is 43.8 Å². The standard InChI is InChI=1S/C13H24N2O2/c1-9(2)14-5-4-12(8-14)15-6-11(7-15)10(3)13(16)17/h9-12H,4-8H2,1-3H3,(H,16,17). The van der Waals surface area contributed by atoms with Gasteiger partial charge in [0.2, 0.25) is 0 Å². The number of carboxylic acids is 1. The summed E-state index contributed by atoms with van der Waals surface area (Å²) in [6.45, 7) is 10.6. The molecule has 0 aromatic rings. The van der Waals surface area contributed by atoms with Crippen molar-refractivity contribution in [1.82, 2.24) is 9.80 Å². The van der Waals surface area contributed by atoms with Crippen molar-refractivity contribution in [2.45, 2.75) is 39.3 Å². The molecule has 2 unspecified atom stereocenters. The minimum absolute atomic E-state index is 0.186. The Labute approximate surface area is 104 Å². The van der Waals surface area contributed by atoms with Gasteiger partial charge in [-0.25, -0.2) is 0 Å². The van der Waals surface area contributed by atoms with Gasteiger partial charge in [-0.3, -0.25) is 14.6 Å². The first-order valence-corrected chi connectivity index (χ1v) is 6.70. The van der Waals surface area contributed by atoms with Crippen molar-refractivity contribution in [3.63, 3.8) is 0 Å². The zero-order valence-corrected chi connectivity index (χ0v) is 11.1. The van der Waals surface area contributed by atoms with Crippen LogP contribution in [0.25, 0.3) is 0 Å². The minimum atomic E-state index is -0.648. The predicted molar refractivity (Wildman–Crippen MR) is 67.0 cm³/mol. The Bertz CT molecular complexity index is 287. The SMILES string of the molecule is CC(C(=O)O)C1CN(C2CCN(C(C)C)C2)C1. The van der Waals surface area contributed by atoms with E-state index in [1.54, 1.807) is 0 Å². The van der Waals surface area contributed by atoms with Crippen LogP contribution in [0.3, 0.4) is 0 Å². The van der Waals surface area contributed by atoms with Crippen molar-refractivity contribution in [1.29, 1.82) is 0 Å². The molecule has 0 bridgehead atoms. The molecule has 2 heterocycles. The van der Waals surface area contributed by atoms with Gasteiger partial charge in [0.25, 0.3) is 0 Å². The van der Waals surface area contributed by atoms with Crippen LogP contribution in [0.1, 0.15) is 27.2 Å². The average Bonchev–Trinajstić information content (AvgIpc) is 2.64. The van der Waals surface area contributed by atoms with Crippen LogP contribution < -0.4 is 0 Å². The van der Waals surface area contributed by atoms with Gasteiger partial charge in [0.1, 0.15) is 0 Å². The highest BCUT2D eigenvalue weighted by atomic mass is 16.4. The highest BCUT2D eigenvalue weighted by Gasteiger charge is 2.40. The Morgan fingerprint density at radius 2 is 1.88 bits per heavy atom. The van der Waals surface area contributed by atoms with E-state index in [0.29, 0.717) is 18.0 Å². The van der Waals surface area contributed by atoms with E-state index in [1.807, 2.05) is 6.92 Å². The summed E-state index contributed by atoms with van der Waals surface area (Å²) in [4.78, 5) is 15.9. The van der Waals surface area contributed by atoms with Crippen molar-refractivity contribution >= 4 is 5.97 Å². The van der Waals surface area contributed by atoms with Crippen LogP contribution in [0.5, 0.6) is 0 Å². The third kappa shape index (κ3) is 2.63. The van der Waals surface area contributed by atoms with Crippen molar-refractivity contribution in [3.8, 4) is 0 Å². The Kier molecular flexibility index (Phi) is 3.73. The molecule has 2 fully saturated rings. The third-order valence-electron chi connectivity index (χ3n) is 4.48. The van der Waals surface area contributed by atoms with Gasteiger partial charge in [0, 0.05) is 38.3 Å². The molecule has 0 amide bonds. The molecule has 17 heavy (non-hydrogen) atoms. The number of carbonyl (C=O) groups is 1. The maximum Gasteiger partial charge on any atom is 0.306 e. The first kappa shape index (κ1) is 12.8. The normalized spacial score (nSPS) is 29.5. The quantitative estimate of drug-likeness (QED) is 0.800. The van der Waals surface area contributed by atoms with Crippen LogP contribution in [0.4, 0.5) is 0 Å². The van der Waals surface area contributed by atoms with E-state index in [9.17, 15) is 4.79 Å². The van der Waals surface area contributed by atoms with Crippen molar-refractivity contribution in [2.24, 2.45) is 11.8 Å². The summed E-state index contributed by atoms with van der Waals surface area (Å²) in [6, 6.07) is 1.30. The summed E-state index contributed by atoms with van der Waals surface area (Å²) in [5, 5.41) is 8.96. The fourth-order valence-corrected chi connectivity index (χ4v) is 2.90. The summed E-state index contributed by atoms with van der Waals surface area (Å²) >= 11 is 0. The number of aliphatic carboxylic acids is 1. The van der Waals surface area contributed by atoms with E-state index >= 15 is 0 Å². The Morgan fingerprint density at radius 1 is 1.24 bits per heavy atom. The smallest absolute Gasteiger partial charge is 0.306 e. The van der Waals surface area contributed by atoms with E-state index in [2.05, 4.69) is 23.6 Å². The van der Waals surface area contributed by atoms with Crippen LogP contribution in [-0.2, 0) is 4.79 Å². The van der Waals surface area contributed by atoms with Gasteiger partial charge in [-0.1, -0.05) is 6.92 Å². The predicted octanol–water partition coefficient (Wildman–Crippen LogP) is 1.12. The zero-order valence-electron chi connectivity index (χ0n) is 11.1. The maximum atomic E-state index is 10.9. The third-order valence-corrected chi connectivity index (χ3v) is 4.48. The van der Waals surface area contributed by atoms with E-state index < -0.39 is 5.97 Å². The van der Waals surface area contributed by atoms with E-state index in [4.69, 9.17) is 5.11 Å². The van der Waals surface area contributed by atoms with Gasteiger partial charge in [-0.15, -0.1) is 0 Å². The van der Waals surface area contributed by atoms with Gasteiger partial charge in [-0.2, -0.15) is 0 Å². The lowest BCUT2D eigenvalue weighted by Crippen LogP contribution is -2.55. The number of rotatable bonds is 4. The van der Waals surface area contributed by atoms with Crippen molar-refractivity contribution < 1.29 is 9.90 Å². The molecular weight excluding hydrogens is 216 g/mol. The van der Waals surface area contributed by atoms with Crippen LogP contribution in [0.15, 0.2) is 0 Å². The van der Waals surface area contributed by atoms with Gasteiger partial charge in [-0.05, 0) is 26.2 Å². The minimum Gasteiger partial charge on any atom is -0.481 e.